The first-order chi connectivity index (χ1) is 12.7. The van der Waals surface area contributed by atoms with Gasteiger partial charge in [0, 0.05) is 31.2 Å². The first kappa shape index (κ1) is 19.1. The molecule has 142 valence electrons. The molecule has 9 heteroatoms. The predicted octanol–water partition coefficient (Wildman–Crippen LogP) is 3.97. The number of carbonyl (C=O) groups excluding carboxylic acids is 1. The summed E-state index contributed by atoms with van der Waals surface area (Å²) in [5, 5.41) is -0.233. The van der Waals surface area contributed by atoms with Gasteiger partial charge in [0.25, 0.3) is 0 Å². The van der Waals surface area contributed by atoms with E-state index in [1.54, 1.807) is 44.4 Å². The van der Waals surface area contributed by atoms with Gasteiger partial charge in [-0.3, -0.25) is 4.79 Å². The van der Waals surface area contributed by atoms with Gasteiger partial charge >= 0.3 is 12.1 Å². The molecule has 1 aromatic heterocycles. The number of hydrogen-bond acceptors (Lipinski definition) is 4. The maximum atomic E-state index is 13.4. The zero-order valence-corrected chi connectivity index (χ0v) is 15.1. The van der Waals surface area contributed by atoms with Crippen LogP contribution in [-0.4, -0.2) is 24.6 Å². The average Bonchev–Trinajstić information content (AvgIpc) is 3.04. The molecule has 0 fully saturated rings. The molecule has 2 aromatic carbocycles. The van der Waals surface area contributed by atoms with E-state index in [0.29, 0.717) is 4.90 Å². The Bertz CT molecular complexity index is 971. The van der Waals surface area contributed by atoms with Gasteiger partial charge in [-0.1, -0.05) is 18.2 Å². The molecule has 1 N–H and O–H groups in total. The van der Waals surface area contributed by atoms with Crippen molar-refractivity contribution in [2.45, 2.75) is 11.1 Å². The van der Waals surface area contributed by atoms with Crippen molar-refractivity contribution in [1.82, 2.24) is 4.72 Å². The summed E-state index contributed by atoms with van der Waals surface area (Å²) < 4.78 is 59.9. The highest BCUT2D eigenvalue weighted by Crippen LogP contribution is 2.38. The minimum absolute atomic E-state index is 0.0795. The topological polar surface area (TPSA) is 68.5 Å². The molecule has 1 unspecified atom stereocenters. The third-order valence-electron chi connectivity index (χ3n) is 3.81. The van der Waals surface area contributed by atoms with E-state index in [2.05, 4.69) is 4.72 Å². The van der Waals surface area contributed by atoms with E-state index in [4.69, 9.17) is 4.42 Å². The molecule has 0 spiro atoms. The molecular weight excluding hydrogens is 381 g/mol. The van der Waals surface area contributed by atoms with E-state index in [0.717, 1.165) is 12.1 Å². The van der Waals surface area contributed by atoms with E-state index >= 15 is 0 Å². The number of nitrogens with zero attached hydrogens (tertiary/aromatic N) is 1. The SMILES string of the molecule is CN(C)c1cc(C(F)(F)F)c2cc(C(=O)N[S+]([O-])c3ccccc3)oc2c1. The number of carbonyl (C=O) groups is 1. The van der Waals surface area contributed by atoms with Gasteiger partial charge in [0.15, 0.2) is 10.7 Å². The van der Waals surface area contributed by atoms with Gasteiger partial charge in [-0.05, 0) is 24.3 Å². The molecule has 1 amide bonds. The monoisotopic (exact) mass is 396 g/mol. The second-order valence-electron chi connectivity index (χ2n) is 5.92. The van der Waals surface area contributed by atoms with Crippen LogP contribution in [0, 0.1) is 0 Å². The molecule has 3 rings (SSSR count). The molecule has 27 heavy (non-hydrogen) atoms. The van der Waals surface area contributed by atoms with Crippen LogP contribution in [0.4, 0.5) is 18.9 Å². The summed E-state index contributed by atoms with van der Waals surface area (Å²) in [6, 6.07) is 11.5. The fourth-order valence-electron chi connectivity index (χ4n) is 2.47. The van der Waals surface area contributed by atoms with Crippen molar-refractivity contribution in [1.29, 1.82) is 0 Å². The van der Waals surface area contributed by atoms with Crippen LogP contribution in [0.15, 0.2) is 57.8 Å². The maximum Gasteiger partial charge on any atom is 0.417 e. The molecule has 0 bridgehead atoms. The molecule has 5 nitrogen and oxygen atoms in total. The Morgan fingerprint density at radius 1 is 1.15 bits per heavy atom. The number of hydrogen-bond donors (Lipinski definition) is 1. The number of furan rings is 1. The highest BCUT2D eigenvalue weighted by molar-refractivity contribution is 7.90. The van der Waals surface area contributed by atoms with Crippen molar-refractivity contribution in [3.8, 4) is 0 Å². The zero-order chi connectivity index (χ0) is 19.8. The standard InChI is InChI=1S/C18H15F3N2O3S/c1-23(2)11-8-14(18(19,20)21)13-10-16(26-15(13)9-11)17(24)22-27(25)12-6-4-3-5-7-12/h3-10H,1-2H3,(H,22,24). The van der Waals surface area contributed by atoms with Crippen LogP contribution in [0.1, 0.15) is 16.1 Å². The van der Waals surface area contributed by atoms with E-state index in [1.807, 2.05) is 0 Å². The van der Waals surface area contributed by atoms with Crippen LogP contribution >= 0.6 is 0 Å². The van der Waals surface area contributed by atoms with Crippen molar-refractivity contribution >= 4 is 33.9 Å². The Morgan fingerprint density at radius 2 is 1.81 bits per heavy atom. The first-order valence-corrected chi connectivity index (χ1v) is 8.91. The Labute approximate surface area is 156 Å². The average molecular weight is 396 g/mol. The summed E-state index contributed by atoms with van der Waals surface area (Å²) in [5.74, 6) is -1.22. The third-order valence-corrected chi connectivity index (χ3v) is 4.88. The van der Waals surface area contributed by atoms with Crippen molar-refractivity contribution in [3.63, 3.8) is 0 Å². The lowest BCUT2D eigenvalue weighted by Gasteiger charge is -2.15. The lowest BCUT2D eigenvalue weighted by Crippen LogP contribution is -2.30. The van der Waals surface area contributed by atoms with Crippen molar-refractivity contribution in [2.75, 3.05) is 19.0 Å². The van der Waals surface area contributed by atoms with Gasteiger partial charge in [0.05, 0.1) is 5.56 Å². The normalized spacial score (nSPS) is 12.8. The summed E-state index contributed by atoms with van der Waals surface area (Å²) in [4.78, 5) is 14.1. The van der Waals surface area contributed by atoms with Crippen LogP contribution in [0.2, 0.25) is 0 Å². The minimum atomic E-state index is -4.62. The van der Waals surface area contributed by atoms with E-state index in [-0.39, 0.29) is 22.4 Å². The number of anilines is 1. The molecule has 0 aliphatic carbocycles. The molecule has 1 heterocycles. The Morgan fingerprint density at radius 3 is 2.41 bits per heavy atom. The molecule has 0 aliphatic heterocycles. The summed E-state index contributed by atoms with van der Waals surface area (Å²) >= 11 is -1.86. The Kier molecular flexibility index (Phi) is 5.07. The Hall–Kier alpha value is -2.65. The fraction of sp³-hybridized carbons (Fsp3) is 0.167. The van der Waals surface area contributed by atoms with Gasteiger partial charge in [-0.25, -0.2) is 0 Å². The number of benzene rings is 2. The van der Waals surface area contributed by atoms with Crippen LogP contribution in [0.3, 0.4) is 0 Å². The van der Waals surface area contributed by atoms with Gasteiger partial charge in [-0.2, -0.15) is 17.9 Å². The molecule has 1 atom stereocenters. The lowest BCUT2D eigenvalue weighted by molar-refractivity contribution is -0.136. The summed E-state index contributed by atoms with van der Waals surface area (Å²) in [5.41, 5.74) is -0.705. The van der Waals surface area contributed by atoms with Crippen molar-refractivity contribution in [3.05, 3.63) is 59.9 Å². The van der Waals surface area contributed by atoms with E-state index in [9.17, 15) is 22.5 Å². The van der Waals surface area contributed by atoms with Crippen LogP contribution < -0.4 is 9.62 Å². The van der Waals surface area contributed by atoms with Crippen LogP contribution in [0.25, 0.3) is 11.0 Å². The van der Waals surface area contributed by atoms with E-state index in [1.165, 1.54) is 11.0 Å². The maximum absolute atomic E-state index is 13.4. The largest absolute Gasteiger partial charge is 0.588 e. The van der Waals surface area contributed by atoms with E-state index < -0.39 is 29.0 Å². The number of nitrogens with one attached hydrogen (secondary N) is 1. The molecule has 0 aliphatic rings. The number of amides is 1. The zero-order valence-electron chi connectivity index (χ0n) is 14.3. The van der Waals surface area contributed by atoms with Gasteiger partial charge in [0.2, 0.25) is 0 Å². The molecule has 0 radical (unpaired) electrons. The number of halogens is 3. The second kappa shape index (κ2) is 7.16. The summed E-state index contributed by atoms with van der Waals surface area (Å²) in [6.45, 7) is 0. The van der Waals surface area contributed by atoms with Gasteiger partial charge < -0.3 is 13.9 Å². The van der Waals surface area contributed by atoms with Crippen molar-refractivity contribution < 1.29 is 26.9 Å². The number of rotatable bonds is 4. The highest BCUT2D eigenvalue weighted by atomic mass is 32.2. The lowest BCUT2D eigenvalue weighted by atomic mass is 10.1. The summed E-state index contributed by atoms with van der Waals surface area (Å²) in [7, 11) is 3.20. The molecular formula is C18H15F3N2O3S. The molecule has 3 aromatic rings. The third kappa shape index (κ3) is 4.04. The highest BCUT2D eigenvalue weighted by Gasteiger charge is 2.35. The van der Waals surface area contributed by atoms with Crippen LogP contribution in [-0.2, 0) is 17.5 Å². The van der Waals surface area contributed by atoms with Gasteiger partial charge in [0.1, 0.15) is 16.9 Å². The second-order valence-corrected chi connectivity index (χ2v) is 7.13. The van der Waals surface area contributed by atoms with Crippen LogP contribution in [0.5, 0.6) is 0 Å². The summed E-state index contributed by atoms with van der Waals surface area (Å²) in [6.07, 6.45) is -4.62. The van der Waals surface area contributed by atoms with Gasteiger partial charge in [-0.15, -0.1) is 0 Å². The first-order valence-electron chi connectivity index (χ1n) is 7.77. The minimum Gasteiger partial charge on any atom is -0.588 e. The van der Waals surface area contributed by atoms with Crippen molar-refractivity contribution in [2.24, 2.45) is 0 Å². The fourth-order valence-corrected chi connectivity index (χ4v) is 3.26. The number of alkyl halides is 3. The smallest absolute Gasteiger partial charge is 0.417 e. The molecule has 0 saturated carbocycles. The number of fused-ring (bicyclic) bond motifs is 1. The quantitative estimate of drug-likeness (QED) is 0.678. The molecule has 0 saturated heterocycles. The predicted molar refractivity (Wildman–Crippen MR) is 95.9 cm³/mol. The Balaban J connectivity index is 1.97.